The lowest BCUT2D eigenvalue weighted by Crippen LogP contribution is -2.42. The molecule has 0 spiro atoms. The Bertz CT molecular complexity index is 801. The van der Waals surface area contributed by atoms with Crippen LogP contribution in [0.5, 0.6) is 0 Å². The molecule has 0 aliphatic carbocycles. The summed E-state index contributed by atoms with van der Waals surface area (Å²) < 4.78 is 42.3. The predicted molar refractivity (Wildman–Crippen MR) is 81.7 cm³/mol. The van der Waals surface area contributed by atoms with E-state index in [1.165, 1.54) is 28.8 Å². The smallest absolute Gasteiger partial charge is 0.267 e. The van der Waals surface area contributed by atoms with Crippen molar-refractivity contribution in [1.82, 2.24) is 9.78 Å². The highest BCUT2D eigenvalue weighted by atomic mass is 32.2. The number of anilines is 1. The Morgan fingerprint density at radius 3 is 2.86 bits per heavy atom. The van der Waals surface area contributed by atoms with E-state index in [4.69, 9.17) is 0 Å². The molecule has 1 aliphatic heterocycles. The van der Waals surface area contributed by atoms with Crippen LogP contribution in [0.3, 0.4) is 0 Å². The summed E-state index contributed by atoms with van der Waals surface area (Å²) in [5, 5.41) is 4.04. The lowest BCUT2D eigenvalue weighted by Gasteiger charge is -2.35. The predicted octanol–water partition coefficient (Wildman–Crippen LogP) is 2.57. The highest BCUT2D eigenvalue weighted by Crippen LogP contribution is 2.35. The molecule has 0 saturated carbocycles. The van der Waals surface area contributed by atoms with Crippen LogP contribution in [0.15, 0.2) is 35.5 Å². The zero-order chi connectivity index (χ0) is 15.9. The molecule has 0 N–H and O–H groups in total. The van der Waals surface area contributed by atoms with Crippen molar-refractivity contribution in [2.45, 2.75) is 44.2 Å². The van der Waals surface area contributed by atoms with Crippen molar-refractivity contribution in [2.24, 2.45) is 0 Å². The Morgan fingerprint density at radius 1 is 1.41 bits per heavy atom. The molecular weight excluding hydrogens is 305 g/mol. The second-order valence-electron chi connectivity index (χ2n) is 5.49. The van der Waals surface area contributed by atoms with Crippen molar-refractivity contribution in [3.63, 3.8) is 0 Å². The zero-order valence-electron chi connectivity index (χ0n) is 12.5. The van der Waals surface area contributed by atoms with Crippen LogP contribution in [-0.2, 0) is 23.0 Å². The normalized spacial score (nSPS) is 18.3. The molecular formula is C15H18FN3O2S. The van der Waals surface area contributed by atoms with E-state index in [0.29, 0.717) is 25.1 Å². The first-order valence-electron chi connectivity index (χ1n) is 7.29. The first-order valence-corrected chi connectivity index (χ1v) is 8.73. The highest BCUT2D eigenvalue weighted by Gasteiger charge is 2.34. The highest BCUT2D eigenvalue weighted by molar-refractivity contribution is 7.92. The van der Waals surface area contributed by atoms with E-state index in [0.717, 1.165) is 5.56 Å². The van der Waals surface area contributed by atoms with Crippen molar-refractivity contribution in [3.05, 3.63) is 42.0 Å². The summed E-state index contributed by atoms with van der Waals surface area (Å²) in [5.41, 5.74) is 1.29. The topological polar surface area (TPSA) is 55.2 Å². The van der Waals surface area contributed by atoms with Crippen LogP contribution >= 0.6 is 0 Å². The van der Waals surface area contributed by atoms with E-state index in [1.807, 2.05) is 13.8 Å². The number of fused-ring (bicyclic) bond motifs is 1. The Kier molecular flexibility index (Phi) is 3.68. The van der Waals surface area contributed by atoms with Gasteiger partial charge in [0.2, 0.25) is 0 Å². The quantitative estimate of drug-likeness (QED) is 0.872. The number of sulfonamides is 1. The molecule has 0 radical (unpaired) electrons. The van der Waals surface area contributed by atoms with Gasteiger partial charge >= 0.3 is 0 Å². The van der Waals surface area contributed by atoms with E-state index in [9.17, 15) is 12.8 Å². The standard InChI is InChI=1S/C15H18FN3O2S/c1-3-18-10-14(9-17-18)22(20,21)19-11(2)4-5-12-8-13(16)6-7-15(12)19/h6-11H,3-5H2,1-2H3/t11-/m1/s1. The molecule has 0 amide bonds. The third kappa shape index (κ3) is 2.39. The SMILES string of the molecule is CCn1cc(S(=O)(=O)N2c3ccc(F)cc3CC[C@H]2C)cn1. The Hall–Kier alpha value is -1.89. The van der Waals surface area contributed by atoms with Gasteiger partial charge in [0.05, 0.1) is 11.9 Å². The van der Waals surface area contributed by atoms with Gasteiger partial charge in [-0.2, -0.15) is 5.10 Å². The van der Waals surface area contributed by atoms with E-state index < -0.39 is 10.0 Å². The van der Waals surface area contributed by atoms with E-state index in [-0.39, 0.29) is 16.8 Å². The van der Waals surface area contributed by atoms with Gasteiger partial charge in [-0.1, -0.05) is 0 Å². The van der Waals surface area contributed by atoms with Crippen LogP contribution in [0, 0.1) is 5.82 Å². The number of hydrogen-bond donors (Lipinski definition) is 0. The number of nitrogens with zero attached hydrogens (tertiary/aromatic N) is 3. The molecule has 1 aliphatic rings. The number of halogens is 1. The number of rotatable bonds is 3. The van der Waals surface area contributed by atoms with Gasteiger partial charge in [0.15, 0.2) is 0 Å². The Balaban J connectivity index is 2.10. The van der Waals surface area contributed by atoms with Gasteiger partial charge in [-0.25, -0.2) is 12.8 Å². The van der Waals surface area contributed by atoms with E-state index in [1.54, 1.807) is 10.7 Å². The molecule has 7 heteroatoms. The van der Waals surface area contributed by atoms with Crippen LogP contribution in [0.1, 0.15) is 25.8 Å². The molecule has 0 fully saturated rings. The molecule has 3 rings (SSSR count). The first kappa shape index (κ1) is 15.0. The molecule has 118 valence electrons. The summed E-state index contributed by atoms with van der Waals surface area (Å²) in [6.45, 7) is 4.37. The molecule has 2 aromatic rings. The number of aryl methyl sites for hydroxylation is 2. The maximum absolute atomic E-state index is 13.4. The molecule has 1 aromatic carbocycles. The maximum atomic E-state index is 13.4. The largest absolute Gasteiger partial charge is 0.272 e. The number of aromatic nitrogens is 2. The van der Waals surface area contributed by atoms with Crippen molar-refractivity contribution in [3.8, 4) is 0 Å². The summed E-state index contributed by atoms with van der Waals surface area (Å²) in [4.78, 5) is 0.165. The van der Waals surface area contributed by atoms with Crippen molar-refractivity contribution in [2.75, 3.05) is 4.31 Å². The summed E-state index contributed by atoms with van der Waals surface area (Å²) in [6.07, 6.45) is 4.23. The second kappa shape index (κ2) is 5.39. The molecule has 0 saturated heterocycles. The van der Waals surface area contributed by atoms with Gasteiger partial charge in [-0.3, -0.25) is 8.99 Å². The van der Waals surface area contributed by atoms with Gasteiger partial charge in [0.1, 0.15) is 10.7 Å². The summed E-state index contributed by atoms with van der Waals surface area (Å²) >= 11 is 0. The average Bonchev–Trinajstić information content (AvgIpc) is 2.97. The molecule has 0 bridgehead atoms. The van der Waals surface area contributed by atoms with Crippen LogP contribution in [0.2, 0.25) is 0 Å². The monoisotopic (exact) mass is 323 g/mol. The average molecular weight is 323 g/mol. The molecule has 5 nitrogen and oxygen atoms in total. The fraction of sp³-hybridized carbons (Fsp3) is 0.400. The van der Waals surface area contributed by atoms with Crippen molar-refractivity contribution in [1.29, 1.82) is 0 Å². The fourth-order valence-corrected chi connectivity index (χ4v) is 4.50. The molecule has 0 unspecified atom stereocenters. The minimum absolute atomic E-state index is 0.165. The van der Waals surface area contributed by atoms with E-state index in [2.05, 4.69) is 5.10 Å². The Morgan fingerprint density at radius 2 is 2.18 bits per heavy atom. The van der Waals surface area contributed by atoms with Crippen molar-refractivity contribution < 1.29 is 12.8 Å². The lowest BCUT2D eigenvalue weighted by molar-refractivity contribution is 0.560. The lowest BCUT2D eigenvalue weighted by atomic mass is 9.99. The second-order valence-corrected chi connectivity index (χ2v) is 7.31. The van der Waals surface area contributed by atoms with Crippen LogP contribution in [0.4, 0.5) is 10.1 Å². The van der Waals surface area contributed by atoms with Gasteiger partial charge < -0.3 is 0 Å². The van der Waals surface area contributed by atoms with Crippen molar-refractivity contribution >= 4 is 15.7 Å². The fourth-order valence-electron chi connectivity index (χ4n) is 2.82. The third-order valence-corrected chi connectivity index (χ3v) is 5.88. The van der Waals surface area contributed by atoms with Gasteiger partial charge in [-0.15, -0.1) is 0 Å². The van der Waals surface area contributed by atoms with Gasteiger partial charge in [0, 0.05) is 18.8 Å². The minimum Gasteiger partial charge on any atom is -0.272 e. The van der Waals surface area contributed by atoms with Crippen LogP contribution < -0.4 is 4.31 Å². The van der Waals surface area contributed by atoms with Gasteiger partial charge in [0.25, 0.3) is 10.0 Å². The summed E-state index contributed by atoms with van der Waals surface area (Å²) in [6, 6.07) is 4.09. The minimum atomic E-state index is -3.70. The van der Waals surface area contributed by atoms with Crippen LogP contribution in [-0.4, -0.2) is 24.2 Å². The van der Waals surface area contributed by atoms with Crippen LogP contribution in [0.25, 0.3) is 0 Å². The molecule has 1 aromatic heterocycles. The molecule has 1 atom stereocenters. The number of benzene rings is 1. The molecule has 2 heterocycles. The Labute approximate surface area is 129 Å². The first-order chi connectivity index (χ1) is 10.4. The third-order valence-electron chi connectivity index (χ3n) is 4.00. The zero-order valence-corrected chi connectivity index (χ0v) is 13.3. The maximum Gasteiger partial charge on any atom is 0.267 e. The summed E-state index contributed by atoms with van der Waals surface area (Å²) in [5.74, 6) is -0.343. The van der Waals surface area contributed by atoms with Gasteiger partial charge in [-0.05, 0) is 50.5 Å². The molecule has 22 heavy (non-hydrogen) atoms. The van der Waals surface area contributed by atoms with E-state index >= 15 is 0 Å². The number of hydrogen-bond acceptors (Lipinski definition) is 3. The summed E-state index contributed by atoms with van der Waals surface area (Å²) in [7, 11) is -3.70.